The number of aryl methyl sites for hydroxylation is 1. The Balaban J connectivity index is 2.65. The van der Waals surface area contributed by atoms with Crippen molar-refractivity contribution >= 4 is 5.97 Å². The van der Waals surface area contributed by atoms with E-state index in [1.807, 2.05) is 0 Å². The maximum absolute atomic E-state index is 10.7. The van der Waals surface area contributed by atoms with E-state index in [1.54, 1.807) is 17.8 Å². The molecule has 0 aliphatic heterocycles. The Labute approximate surface area is 89.1 Å². The first-order valence-corrected chi connectivity index (χ1v) is 5.04. The number of rotatable bonds is 5. The summed E-state index contributed by atoms with van der Waals surface area (Å²) >= 11 is 0. The first-order valence-electron chi connectivity index (χ1n) is 5.04. The third-order valence-corrected chi connectivity index (χ3v) is 2.44. The number of aromatic carboxylic acids is 1. The van der Waals surface area contributed by atoms with Crippen LogP contribution in [0.1, 0.15) is 36.5 Å². The molecule has 1 heterocycles. The van der Waals surface area contributed by atoms with Gasteiger partial charge in [-0.2, -0.15) is 5.10 Å². The molecule has 1 aromatic rings. The van der Waals surface area contributed by atoms with Crippen molar-refractivity contribution in [2.45, 2.75) is 32.9 Å². The lowest BCUT2D eigenvalue weighted by Gasteiger charge is -2.10. The van der Waals surface area contributed by atoms with Crippen molar-refractivity contribution in [2.75, 3.05) is 0 Å². The monoisotopic (exact) mass is 211 g/mol. The van der Waals surface area contributed by atoms with Crippen molar-refractivity contribution < 1.29 is 9.90 Å². The molecule has 15 heavy (non-hydrogen) atoms. The van der Waals surface area contributed by atoms with Gasteiger partial charge >= 0.3 is 5.97 Å². The maximum Gasteiger partial charge on any atom is 0.356 e. The molecule has 1 unspecified atom stereocenters. The summed E-state index contributed by atoms with van der Waals surface area (Å²) < 4.78 is 1.60. The molecule has 2 N–H and O–H groups in total. The van der Waals surface area contributed by atoms with Gasteiger partial charge < -0.3 is 10.4 Å². The summed E-state index contributed by atoms with van der Waals surface area (Å²) in [5.74, 6) is -0.986. The zero-order valence-corrected chi connectivity index (χ0v) is 9.32. The van der Waals surface area contributed by atoms with Gasteiger partial charge in [0.05, 0.1) is 5.69 Å². The van der Waals surface area contributed by atoms with E-state index in [2.05, 4.69) is 24.3 Å². The number of aromatic nitrogens is 2. The molecule has 0 bridgehead atoms. The van der Waals surface area contributed by atoms with Crippen LogP contribution in [0.15, 0.2) is 6.07 Å². The van der Waals surface area contributed by atoms with Crippen molar-refractivity contribution in [3.63, 3.8) is 0 Å². The van der Waals surface area contributed by atoms with Gasteiger partial charge in [-0.25, -0.2) is 4.79 Å². The topological polar surface area (TPSA) is 67.2 Å². The van der Waals surface area contributed by atoms with Gasteiger partial charge in [-0.3, -0.25) is 4.68 Å². The van der Waals surface area contributed by atoms with Gasteiger partial charge in [0.25, 0.3) is 0 Å². The fourth-order valence-electron chi connectivity index (χ4n) is 1.20. The van der Waals surface area contributed by atoms with Crippen molar-refractivity contribution in [3.8, 4) is 0 Å². The molecule has 0 aromatic carbocycles. The van der Waals surface area contributed by atoms with Crippen LogP contribution in [-0.4, -0.2) is 26.9 Å². The van der Waals surface area contributed by atoms with Crippen LogP contribution in [0.4, 0.5) is 0 Å². The van der Waals surface area contributed by atoms with Crippen molar-refractivity contribution in [3.05, 3.63) is 17.5 Å². The van der Waals surface area contributed by atoms with Crippen LogP contribution in [-0.2, 0) is 13.6 Å². The van der Waals surface area contributed by atoms with E-state index in [-0.39, 0.29) is 5.69 Å². The van der Waals surface area contributed by atoms with E-state index in [1.165, 1.54) is 0 Å². The highest BCUT2D eigenvalue weighted by Gasteiger charge is 2.11. The number of carboxylic acid groups (broad SMARTS) is 1. The van der Waals surface area contributed by atoms with Gasteiger partial charge in [-0.15, -0.1) is 0 Å². The van der Waals surface area contributed by atoms with Crippen LogP contribution < -0.4 is 5.32 Å². The second-order valence-electron chi connectivity index (χ2n) is 3.64. The molecule has 84 valence electrons. The van der Waals surface area contributed by atoms with E-state index in [9.17, 15) is 4.79 Å². The molecule has 5 nitrogen and oxygen atoms in total. The fraction of sp³-hybridized carbons (Fsp3) is 0.600. The Morgan fingerprint density at radius 2 is 2.40 bits per heavy atom. The summed E-state index contributed by atoms with van der Waals surface area (Å²) in [7, 11) is 1.75. The molecule has 1 aromatic heterocycles. The molecule has 0 aliphatic carbocycles. The largest absolute Gasteiger partial charge is 0.476 e. The van der Waals surface area contributed by atoms with Crippen LogP contribution in [0, 0.1) is 0 Å². The molecule has 0 saturated carbocycles. The van der Waals surface area contributed by atoms with Crippen LogP contribution in [0.5, 0.6) is 0 Å². The van der Waals surface area contributed by atoms with E-state index >= 15 is 0 Å². The van der Waals surface area contributed by atoms with E-state index in [0.29, 0.717) is 12.6 Å². The summed E-state index contributed by atoms with van der Waals surface area (Å²) in [4.78, 5) is 10.7. The minimum atomic E-state index is -0.986. The molecular formula is C10H17N3O2. The van der Waals surface area contributed by atoms with Crippen molar-refractivity contribution in [1.82, 2.24) is 15.1 Å². The number of carboxylic acids is 1. The van der Waals surface area contributed by atoms with E-state index < -0.39 is 5.97 Å². The third kappa shape index (κ3) is 3.06. The summed E-state index contributed by atoms with van der Waals surface area (Å²) in [6.45, 7) is 4.84. The lowest BCUT2D eigenvalue weighted by Crippen LogP contribution is -2.25. The second-order valence-corrected chi connectivity index (χ2v) is 3.64. The average molecular weight is 211 g/mol. The van der Waals surface area contributed by atoms with Crippen LogP contribution in [0.3, 0.4) is 0 Å². The average Bonchev–Trinajstić information content (AvgIpc) is 2.56. The number of nitrogens with zero attached hydrogens (tertiary/aromatic N) is 2. The van der Waals surface area contributed by atoms with Crippen molar-refractivity contribution in [2.24, 2.45) is 7.05 Å². The zero-order chi connectivity index (χ0) is 11.4. The Hall–Kier alpha value is -1.36. The molecule has 5 heteroatoms. The highest BCUT2D eigenvalue weighted by molar-refractivity contribution is 5.85. The molecule has 0 radical (unpaired) electrons. The Bertz CT molecular complexity index is 346. The van der Waals surface area contributed by atoms with Gasteiger partial charge in [0.2, 0.25) is 0 Å². The molecule has 1 atom stereocenters. The molecule has 0 amide bonds. The molecular weight excluding hydrogens is 194 g/mol. The van der Waals surface area contributed by atoms with E-state index in [0.717, 1.165) is 12.1 Å². The van der Waals surface area contributed by atoms with E-state index in [4.69, 9.17) is 5.11 Å². The molecule has 0 saturated heterocycles. The lowest BCUT2D eigenvalue weighted by molar-refractivity contribution is 0.0689. The van der Waals surface area contributed by atoms with Gasteiger partial charge in [0.1, 0.15) is 0 Å². The second kappa shape index (κ2) is 4.93. The summed E-state index contributed by atoms with van der Waals surface area (Å²) in [6.07, 6.45) is 1.05. The maximum atomic E-state index is 10.7. The Morgan fingerprint density at radius 1 is 1.73 bits per heavy atom. The first-order chi connectivity index (χ1) is 7.04. The normalized spacial score (nSPS) is 12.7. The van der Waals surface area contributed by atoms with Crippen LogP contribution in [0.25, 0.3) is 0 Å². The molecule has 0 fully saturated rings. The molecule has 0 spiro atoms. The highest BCUT2D eigenvalue weighted by atomic mass is 16.4. The summed E-state index contributed by atoms with van der Waals surface area (Å²) in [5, 5.41) is 15.9. The lowest BCUT2D eigenvalue weighted by atomic mass is 10.2. The minimum Gasteiger partial charge on any atom is -0.476 e. The standard InChI is InChI=1S/C10H17N3O2/c1-4-7(2)11-6-8-5-9(10(14)15)12-13(8)3/h5,7,11H,4,6H2,1-3H3,(H,14,15). The number of hydrogen-bond donors (Lipinski definition) is 2. The molecule has 0 aliphatic rings. The zero-order valence-electron chi connectivity index (χ0n) is 9.32. The van der Waals surface area contributed by atoms with Gasteiger partial charge in [0.15, 0.2) is 5.69 Å². The summed E-state index contributed by atoms with van der Waals surface area (Å²) in [6, 6.07) is 2.02. The quantitative estimate of drug-likeness (QED) is 0.762. The smallest absolute Gasteiger partial charge is 0.356 e. The predicted octanol–water partition coefficient (Wildman–Crippen LogP) is 1.01. The van der Waals surface area contributed by atoms with Gasteiger partial charge in [0, 0.05) is 19.6 Å². The number of carbonyl (C=O) groups is 1. The molecule has 1 rings (SSSR count). The minimum absolute atomic E-state index is 0.0958. The Kier molecular flexibility index (Phi) is 3.85. The Morgan fingerprint density at radius 3 is 2.87 bits per heavy atom. The first kappa shape index (κ1) is 11.7. The third-order valence-electron chi connectivity index (χ3n) is 2.44. The predicted molar refractivity (Wildman–Crippen MR) is 56.8 cm³/mol. The number of nitrogens with one attached hydrogen (secondary N) is 1. The fourth-order valence-corrected chi connectivity index (χ4v) is 1.20. The van der Waals surface area contributed by atoms with Gasteiger partial charge in [-0.05, 0) is 19.4 Å². The van der Waals surface area contributed by atoms with Crippen LogP contribution >= 0.6 is 0 Å². The SMILES string of the molecule is CCC(C)NCc1cc(C(=O)O)nn1C. The van der Waals surface area contributed by atoms with Gasteiger partial charge in [-0.1, -0.05) is 6.92 Å². The number of hydrogen-bond acceptors (Lipinski definition) is 3. The van der Waals surface area contributed by atoms with Crippen LogP contribution in [0.2, 0.25) is 0 Å². The van der Waals surface area contributed by atoms with Crippen molar-refractivity contribution in [1.29, 1.82) is 0 Å². The highest BCUT2D eigenvalue weighted by Crippen LogP contribution is 2.03. The summed E-state index contributed by atoms with van der Waals surface area (Å²) in [5.41, 5.74) is 0.978.